The summed E-state index contributed by atoms with van der Waals surface area (Å²) in [5.74, 6) is 1.75. The molecule has 0 aliphatic carbocycles. The van der Waals surface area contributed by atoms with Crippen LogP contribution in [0.4, 0.5) is 5.82 Å². The molecule has 188 valence electrons. The van der Waals surface area contributed by atoms with E-state index in [-0.39, 0.29) is 4.90 Å². The molecule has 0 spiro atoms. The first kappa shape index (κ1) is 25.0. The van der Waals surface area contributed by atoms with Gasteiger partial charge in [-0.2, -0.15) is 13.9 Å². The third kappa shape index (κ3) is 4.95. The molecule has 1 aliphatic rings. The molecule has 0 saturated carbocycles. The first-order chi connectivity index (χ1) is 17.4. The molecule has 5 rings (SSSR count). The number of fused-ring (bicyclic) bond motifs is 1. The highest BCUT2D eigenvalue weighted by Crippen LogP contribution is 2.31. The van der Waals surface area contributed by atoms with Gasteiger partial charge in [0, 0.05) is 36.3 Å². The molecule has 2 aromatic heterocycles. The van der Waals surface area contributed by atoms with Crippen molar-refractivity contribution in [1.29, 1.82) is 0 Å². The zero-order valence-corrected chi connectivity index (χ0v) is 22.7. The average Bonchev–Trinajstić information content (AvgIpc) is 3.28. The normalized spacial score (nSPS) is 15.3. The SMILES string of the molecule is COc1ccc(S(=O)(=O)N2CCC(CNc3cc(-c4ccccc4Cl)nc4c(Br)cnn34)CC2)cc1. The lowest BCUT2D eigenvalue weighted by Gasteiger charge is -2.31. The fourth-order valence-electron chi connectivity index (χ4n) is 4.37. The Morgan fingerprint density at radius 3 is 2.56 bits per heavy atom. The Morgan fingerprint density at radius 1 is 1.14 bits per heavy atom. The molecule has 1 saturated heterocycles. The molecule has 0 bridgehead atoms. The summed E-state index contributed by atoms with van der Waals surface area (Å²) in [5, 5.41) is 8.58. The summed E-state index contributed by atoms with van der Waals surface area (Å²) in [4.78, 5) is 5.03. The monoisotopic (exact) mass is 589 g/mol. The van der Waals surface area contributed by atoms with Gasteiger partial charge in [-0.25, -0.2) is 13.4 Å². The molecule has 0 amide bonds. The smallest absolute Gasteiger partial charge is 0.243 e. The second kappa shape index (κ2) is 10.4. The van der Waals surface area contributed by atoms with E-state index in [1.807, 2.05) is 30.3 Å². The molecule has 0 unspecified atom stereocenters. The third-order valence-corrected chi connectivity index (χ3v) is 9.22. The summed E-state index contributed by atoms with van der Waals surface area (Å²) in [6.07, 6.45) is 3.24. The number of hydrogen-bond acceptors (Lipinski definition) is 6. The van der Waals surface area contributed by atoms with Crippen molar-refractivity contribution in [2.75, 3.05) is 32.1 Å². The number of methoxy groups -OCH3 is 1. The van der Waals surface area contributed by atoms with Crippen LogP contribution in [0.2, 0.25) is 5.02 Å². The van der Waals surface area contributed by atoms with Gasteiger partial charge in [0.2, 0.25) is 10.0 Å². The predicted molar refractivity (Wildman–Crippen MR) is 144 cm³/mol. The number of aromatic nitrogens is 3. The van der Waals surface area contributed by atoms with Crippen molar-refractivity contribution in [3.8, 4) is 17.0 Å². The molecule has 11 heteroatoms. The summed E-state index contributed by atoms with van der Waals surface area (Å²) in [6.45, 7) is 1.64. The van der Waals surface area contributed by atoms with Gasteiger partial charge in [-0.15, -0.1) is 0 Å². The molecule has 1 fully saturated rings. The fraction of sp³-hybridized carbons (Fsp3) is 0.280. The lowest BCUT2D eigenvalue weighted by Crippen LogP contribution is -2.39. The van der Waals surface area contributed by atoms with Crippen LogP contribution < -0.4 is 10.1 Å². The van der Waals surface area contributed by atoms with E-state index in [2.05, 4.69) is 26.3 Å². The van der Waals surface area contributed by atoms with Crippen molar-refractivity contribution in [3.05, 3.63) is 70.3 Å². The standard InChI is InChI=1S/C25H25BrClN5O3S/c1-35-18-6-8-19(9-7-18)36(33,34)31-12-10-17(11-13-31)15-28-24-14-23(20-4-2-3-5-22(20)27)30-25-21(26)16-29-32(24)25/h2-9,14,16-17,28H,10-13,15H2,1H3. The van der Waals surface area contributed by atoms with E-state index in [4.69, 9.17) is 21.3 Å². The van der Waals surface area contributed by atoms with Crippen LogP contribution in [0.3, 0.4) is 0 Å². The fourth-order valence-corrected chi connectivity index (χ4v) is 6.42. The number of rotatable bonds is 7. The van der Waals surface area contributed by atoms with Gasteiger partial charge >= 0.3 is 0 Å². The number of anilines is 1. The Morgan fingerprint density at radius 2 is 1.86 bits per heavy atom. The lowest BCUT2D eigenvalue weighted by atomic mass is 9.98. The van der Waals surface area contributed by atoms with Crippen LogP contribution in [0.25, 0.3) is 16.9 Å². The largest absolute Gasteiger partial charge is 0.497 e. The zero-order chi connectivity index (χ0) is 25.3. The van der Waals surface area contributed by atoms with E-state index >= 15 is 0 Å². The Labute approximate surface area is 223 Å². The molecule has 0 atom stereocenters. The topological polar surface area (TPSA) is 88.8 Å². The minimum Gasteiger partial charge on any atom is -0.497 e. The van der Waals surface area contributed by atoms with Crippen molar-refractivity contribution in [2.45, 2.75) is 17.7 Å². The van der Waals surface area contributed by atoms with E-state index in [1.54, 1.807) is 46.4 Å². The first-order valence-electron chi connectivity index (χ1n) is 11.5. The van der Waals surface area contributed by atoms with Crippen molar-refractivity contribution in [3.63, 3.8) is 0 Å². The Balaban J connectivity index is 1.29. The van der Waals surface area contributed by atoms with Gasteiger partial charge in [0.15, 0.2) is 5.65 Å². The van der Waals surface area contributed by atoms with Crippen LogP contribution in [0.15, 0.2) is 70.2 Å². The van der Waals surface area contributed by atoms with Gasteiger partial charge in [0.25, 0.3) is 0 Å². The van der Waals surface area contributed by atoms with Gasteiger partial charge in [-0.1, -0.05) is 29.8 Å². The summed E-state index contributed by atoms with van der Waals surface area (Å²) in [7, 11) is -1.97. The van der Waals surface area contributed by atoms with Gasteiger partial charge in [-0.05, 0) is 65.0 Å². The summed E-state index contributed by atoms with van der Waals surface area (Å²) < 4.78 is 35.4. The molecule has 1 aliphatic heterocycles. The van der Waals surface area contributed by atoms with E-state index in [0.717, 1.165) is 34.4 Å². The average molecular weight is 591 g/mol. The molecular formula is C25H25BrClN5O3S. The minimum absolute atomic E-state index is 0.287. The lowest BCUT2D eigenvalue weighted by molar-refractivity contribution is 0.282. The van der Waals surface area contributed by atoms with Gasteiger partial charge in [-0.3, -0.25) is 0 Å². The predicted octanol–water partition coefficient (Wildman–Crippen LogP) is 5.33. The maximum Gasteiger partial charge on any atom is 0.243 e. The van der Waals surface area contributed by atoms with E-state index in [1.165, 1.54) is 0 Å². The molecule has 1 N–H and O–H groups in total. The van der Waals surface area contributed by atoms with Crippen LogP contribution in [-0.4, -0.2) is 54.1 Å². The summed E-state index contributed by atoms with van der Waals surface area (Å²) in [6, 6.07) is 16.1. The van der Waals surface area contributed by atoms with Gasteiger partial charge in [0.1, 0.15) is 11.6 Å². The number of ether oxygens (including phenoxy) is 1. The molecule has 8 nitrogen and oxygen atoms in total. The number of hydrogen-bond donors (Lipinski definition) is 1. The van der Waals surface area contributed by atoms with Crippen LogP contribution >= 0.6 is 27.5 Å². The van der Waals surface area contributed by atoms with Crippen LogP contribution in [0.1, 0.15) is 12.8 Å². The van der Waals surface area contributed by atoms with Gasteiger partial charge in [0.05, 0.1) is 28.4 Å². The highest BCUT2D eigenvalue weighted by Gasteiger charge is 2.29. The number of nitrogens with zero attached hydrogens (tertiary/aromatic N) is 4. The second-order valence-corrected chi connectivity index (χ2v) is 11.8. The summed E-state index contributed by atoms with van der Waals surface area (Å²) >= 11 is 9.96. The minimum atomic E-state index is -3.53. The third-order valence-electron chi connectivity index (χ3n) is 6.42. The number of nitrogens with one attached hydrogen (secondary N) is 1. The number of benzene rings is 2. The number of piperidine rings is 1. The maximum absolute atomic E-state index is 13.1. The Kier molecular flexibility index (Phi) is 7.21. The van der Waals surface area contributed by atoms with E-state index in [9.17, 15) is 8.42 Å². The van der Waals surface area contributed by atoms with E-state index in [0.29, 0.717) is 42.0 Å². The highest BCUT2D eigenvalue weighted by molar-refractivity contribution is 9.10. The van der Waals surface area contributed by atoms with Crippen molar-refractivity contribution >= 4 is 49.0 Å². The second-order valence-electron chi connectivity index (χ2n) is 8.64. The number of sulfonamides is 1. The molecule has 2 aromatic carbocycles. The zero-order valence-electron chi connectivity index (χ0n) is 19.6. The van der Waals surface area contributed by atoms with Gasteiger partial charge < -0.3 is 10.1 Å². The quantitative estimate of drug-likeness (QED) is 0.313. The summed E-state index contributed by atoms with van der Waals surface area (Å²) in [5.41, 5.74) is 2.28. The molecule has 36 heavy (non-hydrogen) atoms. The Bertz CT molecular complexity index is 1490. The first-order valence-corrected chi connectivity index (χ1v) is 14.1. The Hall–Kier alpha value is -2.66. The number of halogens is 2. The molecular weight excluding hydrogens is 566 g/mol. The van der Waals surface area contributed by atoms with Crippen LogP contribution in [0.5, 0.6) is 5.75 Å². The van der Waals surface area contributed by atoms with Crippen LogP contribution in [-0.2, 0) is 10.0 Å². The van der Waals surface area contributed by atoms with E-state index < -0.39 is 10.0 Å². The van der Waals surface area contributed by atoms with Crippen molar-refractivity contribution in [1.82, 2.24) is 18.9 Å². The molecule has 4 aromatic rings. The maximum atomic E-state index is 13.1. The highest BCUT2D eigenvalue weighted by atomic mass is 79.9. The molecule has 3 heterocycles. The molecule has 0 radical (unpaired) electrons. The van der Waals surface area contributed by atoms with Crippen LogP contribution in [0, 0.1) is 5.92 Å². The van der Waals surface area contributed by atoms with Crippen molar-refractivity contribution in [2.24, 2.45) is 5.92 Å². The van der Waals surface area contributed by atoms with Crippen molar-refractivity contribution < 1.29 is 13.2 Å².